The number of nitrogens with one attached hydrogen (secondary N) is 2. The van der Waals surface area contributed by atoms with Crippen molar-refractivity contribution in [3.63, 3.8) is 0 Å². The van der Waals surface area contributed by atoms with Gasteiger partial charge in [-0.3, -0.25) is 0 Å². The zero-order valence-electron chi connectivity index (χ0n) is 12.2. The molecule has 2 aromatic carbocycles. The molecule has 2 aromatic rings. The number of rotatable bonds is 7. The lowest BCUT2D eigenvalue weighted by molar-refractivity contribution is 0.626. The van der Waals surface area contributed by atoms with Gasteiger partial charge >= 0.3 is 0 Å². The van der Waals surface area contributed by atoms with E-state index in [2.05, 4.69) is 34.9 Å². The number of benzene rings is 2. The average Bonchev–Trinajstić information content (AvgIpc) is 2.55. The monoisotopic (exact) mass is 334 g/mol. The Morgan fingerprint density at radius 1 is 1.00 bits per heavy atom. The van der Waals surface area contributed by atoms with Crippen LogP contribution in [0.25, 0.3) is 0 Å². The summed E-state index contributed by atoms with van der Waals surface area (Å²) in [5.41, 5.74) is 1.00. The maximum atomic E-state index is 12.8. The Morgan fingerprint density at radius 2 is 1.73 bits per heavy atom. The molecule has 0 heterocycles. The van der Waals surface area contributed by atoms with Gasteiger partial charge in [0.1, 0.15) is 5.82 Å². The molecule has 0 aliphatic carbocycles. The van der Waals surface area contributed by atoms with Crippen molar-refractivity contribution in [3.8, 4) is 0 Å². The second-order valence-corrected chi connectivity index (χ2v) is 6.33. The largest absolute Gasteiger partial charge is 0.363 e. The van der Waals surface area contributed by atoms with Gasteiger partial charge in [0.05, 0.1) is 0 Å². The van der Waals surface area contributed by atoms with Crippen LogP contribution < -0.4 is 10.6 Å². The van der Waals surface area contributed by atoms with Crippen LogP contribution in [0, 0.1) is 5.82 Å². The van der Waals surface area contributed by atoms with E-state index in [0.29, 0.717) is 11.7 Å². The molecular weight excluding hydrogens is 315 g/mol. The van der Waals surface area contributed by atoms with E-state index in [0.717, 1.165) is 24.3 Å². The van der Waals surface area contributed by atoms with Crippen molar-refractivity contribution in [2.24, 2.45) is 0 Å². The Morgan fingerprint density at radius 3 is 2.45 bits per heavy atom. The highest BCUT2D eigenvalue weighted by molar-refractivity contribution is 7.99. The molecular formula is C17H19FN2S2. The number of hydrogen-bond donors (Lipinski definition) is 2. The molecule has 0 amide bonds. The first-order valence-corrected chi connectivity index (χ1v) is 8.57. The molecule has 0 aliphatic heterocycles. The van der Waals surface area contributed by atoms with Gasteiger partial charge in [-0.2, -0.15) is 0 Å². The van der Waals surface area contributed by atoms with Crippen molar-refractivity contribution in [1.82, 2.24) is 10.6 Å². The minimum atomic E-state index is -0.222. The molecule has 0 saturated heterocycles. The lowest BCUT2D eigenvalue weighted by atomic mass is 10.2. The molecule has 5 heteroatoms. The van der Waals surface area contributed by atoms with Gasteiger partial charge in [-0.25, -0.2) is 4.39 Å². The summed E-state index contributed by atoms with van der Waals surface area (Å²) in [6, 6.07) is 16.8. The molecule has 0 fully saturated rings. The molecule has 116 valence electrons. The van der Waals surface area contributed by atoms with Gasteiger partial charge in [0.15, 0.2) is 5.11 Å². The first-order chi connectivity index (χ1) is 10.7. The summed E-state index contributed by atoms with van der Waals surface area (Å²) in [5.74, 6) is 0.831. The number of halogens is 1. The highest BCUT2D eigenvalue weighted by atomic mass is 32.2. The smallest absolute Gasteiger partial charge is 0.166 e. The van der Waals surface area contributed by atoms with Crippen LogP contribution in [0.5, 0.6) is 0 Å². The second-order valence-electron chi connectivity index (χ2n) is 4.75. The van der Waals surface area contributed by atoms with E-state index in [1.165, 1.54) is 17.0 Å². The van der Waals surface area contributed by atoms with Gasteiger partial charge in [-0.15, -0.1) is 11.8 Å². The third-order valence-electron chi connectivity index (χ3n) is 2.98. The Hall–Kier alpha value is -1.59. The van der Waals surface area contributed by atoms with Gasteiger partial charge in [-0.05, 0) is 54.2 Å². The predicted molar refractivity (Wildman–Crippen MR) is 95.6 cm³/mol. The van der Waals surface area contributed by atoms with Gasteiger partial charge in [0.25, 0.3) is 0 Å². The Labute approximate surface area is 140 Å². The molecule has 0 saturated carbocycles. The van der Waals surface area contributed by atoms with E-state index in [1.807, 2.05) is 17.8 Å². The highest BCUT2D eigenvalue weighted by Gasteiger charge is 1.98. The lowest BCUT2D eigenvalue weighted by Gasteiger charge is -2.10. The van der Waals surface area contributed by atoms with Crippen LogP contribution in [0.2, 0.25) is 0 Å². The van der Waals surface area contributed by atoms with Crippen LogP contribution in [0.1, 0.15) is 12.0 Å². The molecule has 0 aromatic heterocycles. The molecule has 22 heavy (non-hydrogen) atoms. The van der Waals surface area contributed by atoms with E-state index in [-0.39, 0.29) is 5.82 Å². The van der Waals surface area contributed by atoms with E-state index < -0.39 is 0 Å². The Balaban J connectivity index is 1.55. The van der Waals surface area contributed by atoms with Crippen LogP contribution in [0.15, 0.2) is 59.5 Å². The van der Waals surface area contributed by atoms with E-state index in [1.54, 1.807) is 12.1 Å². The Kier molecular flexibility index (Phi) is 7.19. The molecule has 2 N–H and O–H groups in total. The summed E-state index contributed by atoms with van der Waals surface area (Å²) < 4.78 is 12.8. The molecule has 0 unspecified atom stereocenters. The summed E-state index contributed by atoms with van der Waals surface area (Å²) in [6.45, 7) is 1.44. The minimum absolute atomic E-state index is 0.222. The first kappa shape index (κ1) is 16.8. The van der Waals surface area contributed by atoms with Gasteiger partial charge in [0.2, 0.25) is 0 Å². The quantitative estimate of drug-likeness (QED) is 0.454. The van der Waals surface area contributed by atoms with Crippen LogP contribution in [-0.2, 0) is 6.54 Å². The van der Waals surface area contributed by atoms with Gasteiger partial charge in [0, 0.05) is 18.0 Å². The summed E-state index contributed by atoms with van der Waals surface area (Å²) in [5, 5.41) is 6.93. The molecule has 2 rings (SSSR count). The number of hydrogen-bond acceptors (Lipinski definition) is 2. The lowest BCUT2D eigenvalue weighted by Crippen LogP contribution is -2.35. The van der Waals surface area contributed by atoms with E-state index in [9.17, 15) is 4.39 Å². The summed E-state index contributed by atoms with van der Waals surface area (Å²) >= 11 is 7.06. The van der Waals surface area contributed by atoms with Gasteiger partial charge < -0.3 is 10.6 Å². The van der Waals surface area contributed by atoms with Crippen molar-refractivity contribution in [1.29, 1.82) is 0 Å². The second kappa shape index (κ2) is 9.43. The maximum absolute atomic E-state index is 12.8. The molecule has 2 nitrogen and oxygen atoms in total. The average molecular weight is 334 g/mol. The summed E-state index contributed by atoms with van der Waals surface area (Å²) in [6.07, 6.45) is 1.04. The summed E-state index contributed by atoms with van der Waals surface area (Å²) in [7, 11) is 0. The normalized spacial score (nSPS) is 10.2. The molecule has 0 bridgehead atoms. The first-order valence-electron chi connectivity index (χ1n) is 7.18. The van der Waals surface area contributed by atoms with Crippen molar-refractivity contribution >= 4 is 29.1 Å². The van der Waals surface area contributed by atoms with Crippen LogP contribution >= 0.6 is 24.0 Å². The van der Waals surface area contributed by atoms with E-state index >= 15 is 0 Å². The van der Waals surface area contributed by atoms with Gasteiger partial charge in [-0.1, -0.05) is 30.3 Å². The fourth-order valence-electron chi connectivity index (χ4n) is 1.83. The Bertz CT molecular complexity index is 573. The van der Waals surface area contributed by atoms with Crippen molar-refractivity contribution < 1.29 is 4.39 Å². The zero-order valence-corrected chi connectivity index (χ0v) is 13.9. The third kappa shape index (κ3) is 6.45. The summed E-state index contributed by atoms with van der Waals surface area (Å²) in [4.78, 5) is 1.29. The standard InChI is InChI=1S/C17H19FN2S2/c18-15-9-7-14(8-10-15)13-20-17(21)19-11-4-12-22-16-5-2-1-3-6-16/h1-3,5-10H,4,11-13H2,(H2,19,20,21). The molecule has 0 atom stereocenters. The zero-order chi connectivity index (χ0) is 15.6. The van der Waals surface area contributed by atoms with Crippen molar-refractivity contribution in [3.05, 3.63) is 66.0 Å². The van der Waals surface area contributed by atoms with Crippen molar-refractivity contribution in [2.75, 3.05) is 12.3 Å². The van der Waals surface area contributed by atoms with Crippen molar-refractivity contribution in [2.45, 2.75) is 17.9 Å². The third-order valence-corrected chi connectivity index (χ3v) is 4.37. The molecule has 0 spiro atoms. The molecule has 0 radical (unpaired) electrons. The maximum Gasteiger partial charge on any atom is 0.166 e. The number of thiocarbonyl (C=S) groups is 1. The van der Waals surface area contributed by atoms with E-state index in [4.69, 9.17) is 12.2 Å². The number of thioether (sulfide) groups is 1. The SMILES string of the molecule is Fc1ccc(CNC(=S)NCCCSc2ccccc2)cc1. The van der Waals surface area contributed by atoms with Crippen LogP contribution in [0.4, 0.5) is 4.39 Å². The van der Waals surface area contributed by atoms with Crippen LogP contribution in [0.3, 0.4) is 0 Å². The fourth-order valence-corrected chi connectivity index (χ4v) is 2.88. The topological polar surface area (TPSA) is 24.1 Å². The highest BCUT2D eigenvalue weighted by Crippen LogP contribution is 2.17. The predicted octanol–water partition coefficient (Wildman–Crippen LogP) is 3.97. The fraction of sp³-hybridized carbons (Fsp3) is 0.235. The van der Waals surface area contributed by atoms with Crippen LogP contribution in [-0.4, -0.2) is 17.4 Å². The molecule has 0 aliphatic rings. The minimum Gasteiger partial charge on any atom is -0.363 e.